The number of benzene rings is 1. The number of halogens is 4. The number of nitrogens with one attached hydrogen (secondary N) is 1. The van der Waals surface area contributed by atoms with Crippen LogP contribution in [-0.2, 0) is 6.42 Å². The quantitative estimate of drug-likeness (QED) is 0.382. The van der Waals surface area contributed by atoms with E-state index < -0.39 is 23.3 Å². The molecule has 6 heteroatoms. The third-order valence-electron chi connectivity index (χ3n) is 1.87. The highest BCUT2D eigenvalue weighted by Crippen LogP contribution is 2.30. The third kappa shape index (κ3) is 3.61. The van der Waals surface area contributed by atoms with Gasteiger partial charge in [-0.25, -0.2) is 17.6 Å². The molecule has 0 bridgehead atoms. The first-order chi connectivity index (χ1) is 7.95. The van der Waals surface area contributed by atoms with Gasteiger partial charge in [-0.3, -0.25) is 0 Å². The topological polar surface area (TPSA) is 12.0 Å². The van der Waals surface area contributed by atoms with Crippen LogP contribution in [0.4, 0.5) is 17.6 Å². The Morgan fingerprint density at radius 3 is 1.71 bits per heavy atom. The zero-order chi connectivity index (χ0) is 13.6. The summed E-state index contributed by atoms with van der Waals surface area (Å²) in [7, 11) is 3.75. The van der Waals surface area contributed by atoms with Crippen molar-refractivity contribution in [3.05, 3.63) is 28.8 Å². The van der Waals surface area contributed by atoms with Crippen LogP contribution in [0.2, 0.25) is 0 Å². The predicted octanol–water partition coefficient (Wildman–Crippen LogP) is 3.36. The highest BCUT2D eigenvalue weighted by Gasteiger charge is 2.23. The van der Waals surface area contributed by atoms with E-state index in [2.05, 4.69) is 5.32 Å². The zero-order valence-electron chi connectivity index (χ0n) is 10.1. The normalized spacial score (nSPS) is 9.88. The lowest BCUT2D eigenvalue weighted by Gasteiger charge is -2.09. The molecule has 0 aliphatic rings. The maximum atomic E-state index is 13.1. The molecule has 1 aromatic rings. The molecular weight excluding hydrogens is 254 g/mol. The Morgan fingerprint density at radius 1 is 0.941 bits per heavy atom. The summed E-state index contributed by atoms with van der Waals surface area (Å²) >= 11 is 0.862. The SMILES string of the molecule is CCc1c(F)c(F)c(F)c(F)c1SC.CNC. The average Bonchev–Trinajstić information content (AvgIpc) is 2.31. The first kappa shape index (κ1) is 16.2. The number of hydrogen-bond donors (Lipinski definition) is 1. The summed E-state index contributed by atoms with van der Waals surface area (Å²) in [4.78, 5) is -0.163. The van der Waals surface area contributed by atoms with Gasteiger partial charge in [0.1, 0.15) is 0 Å². The van der Waals surface area contributed by atoms with Gasteiger partial charge < -0.3 is 5.32 Å². The second-order valence-electron chi connectivity index (χ2n) is 3.12. The summed E-state index contributed by atoms with van der Waals surface area (Å²) < 4.78 is 51.7. The molecule has 0 unspecified atom stereocenters. The van der Waals surface area contributed by atoms with Crippen molar-refractivity contribution < 1.29 is 17.6 Å². The summed E-state index contributed by atoms with van der Waals surface area (Å²) in [5.74, 6) is -6.09. The third-order valence-corrected chi connectivity index (χ3v) is 2.71. The lowest BCUT2D eigenvalue weighted by Crippen LogP contribution is -2.04. The van der Waals surface area contributed by atoms with E-state index in [0.717, 1.165) is 11.8 Å². The van der Waals surface area contributed by atoms with Crippen LogP contribution in [0, 0.1) is 23.3 Å². The molecule has 0 atom stereocenters. The van der Waals surface area contributed by atoms with Gasteiger partial charge >= 0.3 is 0 Å². The van der Waals surface area contributed by atoms with E-state index in [1.54, 1.807) is 6.92 Å². The molecule has 0 saturated heterocycles. The van der Waals surface area contributed by atoms with Crippen LogP contribution in [0.1, 0.15) is 12.5 Å². The highest BCUT2D eigenvalue weighted by atomic mass is 32.2. The number of rotatable bonds is 2. The Bertz CT molecular complexity index is 347. The molecule has 98 valence electrons. The minimum Gasteiger partial charge on any atom is -0.323 e. The van der Waals surface area contributed by atoms with E-state index in [0.29, 0.717) is 0 Å². The first-order valence-electron chi connectivity index (χ1n) is 4.93. The van der Waals surface area contributed by atoms with Crippen LogP contribution in [0.3, 0.4) is 0 Å². The Balaban J connectivity index is 0.000000770. The van der Waals surface area contributed by atoms with Crippen molar-refractivity contribution in [2.45, 2.75) is 18.2 Å². The Labute approximate surface area is 103 Å². The van der Waals surface area contributed by atoms with Crippen LogP contribution in [0.15, 0.2) is 4.90 Å². The predicted molar refractivity (Wildman–Crippen MR) is 62.4 cm³/mol. The fourth-order valence-electron chi connectivity index (χ4n) is 1.19. The van der Waals surface area contributed by atoms with Gasteiger partial charge in [0, 0.05) is 5.56 Å². The lowest BCUT2D eigenvalue weighted by molar-refractivity contribution is 0.392. The molecule has 0 saturated carbocycles. The van der Waals surface area contributed by atoms with Crippen LogP contribution in [0.25, 0.3) is 0 Å². The van der Waals surface area contributed by atoms with Crippen LogP contribution >= 0.6 is 11.8 Å². The molecule has 0 aromatic heterocycles. The second kappa shape index (κ2) is 7.55. The lowest BCUT2D eigenvalue weighted by atomic mass is 10.1. The van der Waals surface area contributed by atoms with Crippen molar-refractivity contribution in [2.75, 3.05) is 20.4 Å². The van der Waals surface area contributed by atoms with Crippen molar-refractivity contribution >= 4 is 11.8 Å². The standard InChI is InChI=1S/C9H8F4S.C2H7N/c1-3-4-5(10)6(11)7(12)8(13)9(4)14-2;1-3-2/h3H2,1-2H3;3H,1-2H3. The second-order valence-corrected chi connectivity index (χ2v) is 3.94. The summed E-state index contributed by atoms with van der Waals surface area (Å²) in [6, 6.07) is 0. The molecule has 17 heavy (non-hydrogen) atoms. The zero-order valence-corrected chi connectivity index (χ0v) is 10.9. The van der Waals surface area contributed by atoms with Crippen molar-refractivity contribution in [1.29, 1.82) is 0 Å². The molecule has 0 heterocycles. The Morgan fingerprint density at radius 2 is 1.35 bits per heavy atom. The van der Waals surface area contributed by atoms with E-state index >= 15 is 0 Å². The van der Waals surface area contributed by atoms with E-state index in [9.17, 15) is 17.6 Å². The maximum Gasteiger partial charge on any atom is 0.198 e. The fourth-order valence-corrected chi connectivity index (χ4v) is 1.93. The van der Waals surface area contributed by atoms with Crippen LogP contribution in [0.5, 0.6) is 0 Å². The van der Waals surface area contributed by atoms with Crippen molar-refractivity contribution in [2.24, 2.45) is 0 Å². The van der Waals surface area contributed by atoms with Gasteiger partial charge in [0.15, 0.2) is 23.3 Å². The van der Waals surface area contributed by atoms with E-state index in [1.165, 1.54) is 6.26 Å². The monoisotopic (exact) mass is 269 g/mol. The molecule has 0 radical (unpaired) electrons. The molecule has 0 fully saturated rings. The van der Waals surface area contributed by atoms with Gasteiger partial charge in [-0.15, -0.1) is 11.8 Å². The highest BCUT2D eigenvalue weighted by molar-refractivity contribution is 7.98. The molecular formula is C11H15F4NS. The smallest absolute Gasteiger partial charge is 0.198 e. The summed E-state index contributed by atoms with van der Waals surface area (Å²) in [5.41, 5.74) is -0.117. The van der Waals surface area contributed by atoms with Gasteiger partial charge in [0.25, 0.3) is 0 Å². The summed E-state index contributed by atoms with van der Waals surface area (Å²) in [6.45, 7) is 1.55. The van der Waals surface area contributed by atoms with E-state index in [-0.39, 0.29) is 16.9 Å². The minimum atomic E-state index is -1.75. The van der Waals surface area contributed by atoms with Gasteiger partial charge in [0.05, 0.1) is 4.90 Å². The van der Waals surface area contributed by atoms with Gasteiger partial charge in [-0.1, -0.05) is 6.92 Å². The van der Waals surface area contributed by atoms with Gasteiger partial charge in [-0.2, -0.15) is 0 Å². The molecule has 1 nitrogen and oxygen atoms in total. The van der Waals surface area contributed by atoms with Crippen molar-refractivity contribution in [1.82, 2.24) is 5.32 Å². The first-order valence-corrected chi connectivity index (χ1v) is 6.15. The molecule has 1 aromatic carbocycles. The maximum absolute atomic E-state index is 13.1. The molecule has 0 amide bonds. The molecule has 1 rings (SSSR count). The number of hydrogen-bond acceptors (Lipinski definition) is 2. The van der Waals surface area contributed by atoms with Crippen LogP contribution in [-0.4, -0.2) is 20.4 Å². The molecule has 0 spiro atoms. The molecule has 0 aliphatic heterocycles. The van der Waals surface area contributed by atoms with Crippen molar-refractivity contribution in [3.63, 3.8) is 0 Å². The van der Waals surface area contributed by atoms with E-state index in [1.807, 2.05) is 14.1 Å². The van der Waals surface area contributed by atoms with Gasteiger partial charge in [0.2, 0.25) is 0 Å². The Kier molecular flexibility index (Phi) is 7.22. The van der Waals surface area contributed by atoms with Crippen LogP contribution < -0.4 is 5.32 Å². The van der Waals surface area contributed by atoms with E-state index in [4.69, 9.17) is 0 Å². The molecule has 1 N–H and O–H groups in total. The minimum absolute atomic E-state index is 0.117. The largest absolute Gasteiger partial charge is 0.323 e. The number of thioether (sulfide) groups is 1. The van der Waals surface area contributed by atoms with Crippen molar-refractivity contribution in [3.8, 4) is 0 Å². The fraction of sp³-hybridized carbons (Fsp3) is 0.455. The molecule has 0 aliphatic carbocycles. The average molecular weight is 269 g/mol. The summed E-state index contributed by atoms with van der Waals surface area (Å²) in [6.07, 6.45) is 1.60. The Hall–Kier alpha value is -0.750. The summed E-state index contributed by atoms with van der Waals surface area (Å²) in [5, 5.41) is 2.75. The van der Waals surface area contributed by atoms with Gasteiger partial charge in [-0.05, 0) is 26.8 Å².